The van der Waals surface area contributed by atoms with E-state index in [0.29, 0.717) is 30.3 Å². The summed E-state index contributed by atoms with van der Waals surface area (Å²) in [5.41, 5.74) is 3.31. The van der Waals surface area contributed by atoms with Crippen LogP contribution in [0.15, 0.2) is 90.5 Å². The third kappa shape index (κ3) is 11.8. The lowest BCUT2D eigenvalue weighted by molar-refractivity contribution is -0.144. The van der Waals surface area contributed by atoms with E-state index in [1.807, 2.05) is 54.6 Å². The molecule has 7 nitrogen and oxygen atoms in total. The topological polar surface area (TPSA) is 117 Å². The Morgan fingerprint density at radius 1 is 0.709 bits per heavy atom. The SMILES string of the molecule is CCCCC(CC)COC(=O)/C(C#N)=c1/ccc2c(c1)C=c1ccccc1=2.CCCCC(CC)COC(=O)CC#N.O=C1C=CC2=c3ccccc3=CC2=C1. The van der Waals surface area contributed by atoms with Crippen molar-refractivity contribution in [2.45, 2.75) is 85.5 Å². The number of nitriles is 2. The average molecular weight is 737 g/mol. The van der Waals surface area contributed by atoms with Gasteiger partial charge in [-0.2, -0.15) is 10.5 Å². The Morgan fingerprint density at radius 3 is 1.95 bits per heavy atom. The molecule has 0 saturated heterocycles. The minimum atomic E-state index is -0.525. The second-order valence-electron chi connectivity index (χ2n) is 14.0. The van der Waals surface area contributed by atoms with Crippen molar-refractivity contribution in [2.24, 2.45) is 11.8 Å². The molecular formula is C48H52N2O5. The zero-order valence-corrected chi connectivity index (χ0v) is 32.6. The maximum atomic E-state index is 12.5. The zero-order valence-electron chi connectivity index (χ0n) is 32.6. The summed E-state index contributed by atoms with van der Waals surface area (Å²) >= 11 is 0. The summed E-state index contributed by atoms with van der Waals surface area (Å²) in [6.07, 6.45) is 18.0. The molecule has 3 aliphatic rings. The summed E-state index contributed by atoms with van der Waals surface area (Å²) < 4.78 is 10.4. The van der Waals surface area contributed by atoms with Crippen molar-refractivity contribution in [3.63, 3.8) is 0 Å². The van der Waals surface area contributed by atoms with Crippen LogP contribution in [0.1, 0.15) is 91.0 Å². The summed E-state index contributed by atoms with van der Waals surface area (Å²) in [4.78, 5) is 34.5. The van der Waals surface area contributed by atoms with Gasteiger partial charge < -0.3 is 9.47 Å². The van der Waals surface area contributed by atoms with Crippen LogP contribution in [0.3, 0.4) is 0 Å². The van der Waals surface area contributed by atoms with E-state index in [1.165, 1.54) is 34.1 Å². The highest BCUT2D eigenvalue weighted by molar-refractivity contribution is 6.15. The first-order chi connectivity index (χ1) is 26.8. The van der Waals surface area contributed by atoms with Crippen LogP contribution in [-0.4, -0.2) is 30.9 Å². The lowest BCUT2D eigenvalue weighted by Crippen LogP contribution is -2.21. The lowest BCUT2D eigenvalue weighted by atomic mass is 10.0. The van der Waals surface area contributed by atoms with E-state index < -0.39 is 11.9 Å². The van der Waals surface area contributed by atoms with Crippen LogP contribution in [-0.2, 0) is 23.9 Å². The molecular weight excluding hydrogens is 685 g/mol. The van der Waals surface area contributed by atoms with E-state index in [1.54, 1.807) is 18.2 Å². The molecule has 0 N–H and O–H groups in total. The fraction of sp³-hybridized carbons (Fsp3) is 0.354. The molecule has 2 unspecified atom stereocenters. The molecule has 0 aliphatic heterocycles. The van der Waals surface area contributed by atoms with E-state index in [2.05, 4.69) is 64.1 Å². The number of ketones is 1. The van der Waals surface area contributed by atoms with E-state index in [0.717, 1.165) is 60.1 Å². The van der Waals surface area contributed by atoms with Crippen LogP contribution in [0.25, 0.3) is 23.3 Å². The number of unbranched alkanes of at least 4 members (excludes halogenated alkanes) is 2. The maximum Gasteiger partial charge on any atom is 0.349 e. The summed E-state index contributed by atoms with van der Waals surface area (Å²) in [5, 5.41) is 24.3. The molecule has 0 radical (unpaired) electrons. The molecule has 3 aromatic carbocycles. The van der Waals surface area contributed by atoms with E-state index >= 15 is 0 Å². The molecule has 3 aromatic rings. The molecule has 0 fully saturated rings. The van der Waals surface area contributed by atoms with E-state index in [9.17, 15) is 19.6 Å². The number of carbonyl (C=O) groups excluding carboxylic acids is 3. The van der Waals surface area contributed by atoms with Gasteiger partial charge in [-0.15, -0.1) is 0 Å². The second kappa shape index (κ2) is 21.8. The number of rotatable bonds is 14. The van der Waals surface area contributed by atoms with Crippen molar-refractivity contribution in [1.29, 1.82) is 10.5 Å². The Balaban J connectivity index is 0.000000202. The first-order valence-corrected chi connectivity index (χ1v) is 19.6. The predicted octanol–water partition coefficient (Wildman–Crippen LogP) is 6.91. The molecule has 0 aromatic heterocycles. The van der Waals surface area contributed by atoms with Crippen molar-refractivity contribution in [1.82, 2.24) is 0 Å². The third-order valence-corrected chi connectivity index (χ3v) is 10.0. The maximum absolute atomic E-state index is 12.5. The van der Waals surface area contributed by atoms with Gasteiger partial charge in [-0.05, 0) is 104 Å². The largest absolute Gasteiger partial charge is 0.465 e. The summed E-state index contributed by atoms with van der Waals surface area (Å²) in [7, 11) is 0. The van der Waals surface area contributed by atoms with E-state index in [4.69, 9.17) is 14.7 Å². The summed E-state index contributed by atoms with van der Waals surface area (Å²) in [6.45, 7) is 9.35. The van der Waals surface area contributed by atoms with Crippen LogP contribution in [0, 0.1) is 44.9 Å². The fourth-order valence-electron chi connectivity index (χ4n) is 6.68. The highest BCUT2D eigenvalue weighted by Crippen LogP contribution is 2.20. The Bertz CT molecular complexity index is 2360. The highest BCUT2D eigenvalue weighted by Gasteiger charge is 2.16. The standard InChI is InChI=1S/C24H25NO2.C13H8O.C11H19NO2/c1-3-5-8-17(4-2)16-27-24(26)23(15-25)19-11-12-22-20(14-19)13-18-9-6-7-10-21(18)22;14-11-5-6-13-10(8-11)7-9-3-1-2-4-12(9)13;1-3-5-6-10(4-2)9-14-11(13)7-8-12/h6-7,9-14,17H,3-5,8,16H2,1-2H3;1-8H;10H,3-7,9H2,1-2H3/b23-19-;;. The number of esters is 2. The number of fused-ring (bicyclic) bond motifs is 4. The Labute approximate surface area is 324 Å². The number of nitrogens with zero attached hydrogens (tertiary/aromatic N) is 2. The Kier molecular flexibility index (Phi) is 16.6. The fourth-order valence-corrected chi connectivity index (χ4v) is 6.68. The van der Waals surface area contributed by atoms with Gasteiger partial charge in [-0.3, -0.25) is 9.59 Å². The van der Waals surface area contributed by atoms with Gasteiger partial charge >= 0.3 is 11.9 Å². The minimum absolute atomic E-state index is 0.0764. The molecule has 284 valence electrons. The van der Waals surface area contributed by atoms with Gasteiger partial charge in [0.25, 0.3) is 0 Å². The number of carbonyl (C=O) groups is 3. The van der Waals surface area contributed by atoms with Crippen LogP contribution in [0.5, 0.6) is 0 Å². The molecule has 55 heavy (non-hydrogen) atoms. The predicted molar refractivity (Wildman–Crippen MR) is 217 cm³/mol. The Morgan fingerprint density at radius 2 is 1.33 bits per heavy atom. The Hall–Kier alpha value is -5.79. The number of benzene rings is 3. The van der Waals surface area contributed by atoms with Crippen molar-refractivity contribution < 1.29 is 23.9 Å². The molecule has 0 heterocycles. The van der Waals surface area contributed by atoms with Gasteiger partial charge in [0.1, 0.15) is 18.1 Å². The molecule has 0 bridgehead atoms. The van der Waals surface area contributed by atoms with Gasteiger partial charge in [0.2, 0.25) is 0 Å². The summed E-state index contributed by atoms with van der Waals surface area (Å²) in [6, 6.07) is 25.9. The molecule has 0 saturated carbocycles. The quantitative estimate of drug-likeness (QED) is 0.129. The van der Waals surface area contributed by atoms with Gasteiger partial charge in [0.15, 0.2) is 5.78 Å². The average Bonchev–Trinajstić information content (AvgIpc) is 3.76. The number of hydrogen-bond donors (Lipinski definition) is 0. The van der Waals surface area contributed by atoms with E-state index in [-0.39, 0.29) is 17.8 Å². The molecule has 0 amide bonds. The normalized spacial score (nSPS) is 14.1. The lowest BCUT2D eigenvalue weighted by Gasteiger charge is -2.14. The molecule has 7 heteroatoms. The third-order valence-electron chi connectivity index (χ3n) is 10.0. The first kappa shape index (κ1) is 42.0. The molecule has 0 spiro atoms. The van der Waals surface area contributed by atoms with Crippen molar-refractivity contribution in [2.75, 3.05) is 13.2 Å². The van der Waals surface area contributed by atoms with Crippen LogP contribution < -0.4 is 20.9 Å². The van der Waals surface area contributed by atoms with Crippen LogP contribution in [0.4, 0.5) is 0 Å². The first-order valence-electron chi connectivity index (χ1n) is 19.6. The highest BCUT2D eigenvalue weighted by atomic mass is 16.5. The van der Waals surface area contributed by atoms with Gasteiger partial charge in [-0.25, -0.2) is 4.79 Å². The van der Waals surface area contributed by atoms with Crippen molar-refractivity contribution in [3.05, 3.63) is 127 Å². The van der Waals surface area contributed by atoms with Crippen molar-refractivity contribution in [3.8, 4) is 12.1 Å². The smallest absolute Gasteiger partial charge is 0.349 e. The number of hydrogen-bond acceptors (Lipinski definition) is 7. The van der Waals surface area contributed by atoms with Crippen LogP contribution in [0.2, 0.25) is 0 Å². The molecule has 3 aliphatic carbocycles. The number of allylic oxidation sites excluding steroid dienone is 4. The second-order valence-corrected chi connectivity index (χ2v) is 14.0. The van der Waals surface area contributed by atoms with Gasteiger partial charge in [-0.1, -0.05) is 127 Å². The summed E-state index contributed by atoms with van der Waals surface area (Å²) in [5.74, 6) is -0.0348. The van der Waals surface area contributed by atoms with Gasteiger partial charge in [0, 0.05) is 5.22 Å². The zero-order chi connectivity index (χ0) is 39.6. The van der Waals surface area contributed by atoms with Gasteiger partial charge in [0.05, 0.1) is 19.3 Å². The number of ether oxygens (including phenoxy) is 2. The minimum Gasteiger partial charge on any atom is -0.465 e. The van der Waals surface area contributed by atoms with Crippen LogP contribution >= 0.6 is 0 Å². The monoisotopic (exact) mass is 736 g/mol. The molecule has 6 rings (SSSR count). The van der Waals surface area contributed by atoms with Crippen molar-refractivity contribution >= 4 is 41.0 Å². The molecule has 2 atom stereocenters.